The molecule has 6 nitrogen and oxygen atoms in total. The predicted molar refractivity (Wildman–Crippen MR) is 113 cm³/mol. The van der Waals surface area contributed by atoms with Crippen LogP contribution in [-0.2, 0) is 0 Å². The minimum atomic E-state index is -4.51. The normalized spacial score (nSPS) is 14.5. The largest absolute Gasteiger partial charge is 0.405 e. The van der Waals surface area contributed by atoms with Crippen LogP contribution in [0.25, 0.3) is 0 Å². The summed E-state index contributed by atoms with van der Waals surface area (Å²) >= 11 is 0. The predicted octanol–water partition coefficient (Wildman–Crippen LogP) is 4.57. The first-order valence-corrected chi connectivity index (χ1v) is 10.2. The first-order chi connectivity index (χ1) is 15.2. The van der Waals surface area contributed by atoms with Crippen LogP contribution in [0.4, 0.5) is 23.7 Å². The summed E-state index contributed by atoms with van der Waals surface area (Å²) < 4.78 is 36.8. The molecule has 2 aromatic carbocycles. The lowest BCUT2D eigenvalue weighted by Crippen LogP contribution is -2.38. The molecule has 3 amide bonds. The summed E-state index contributed by atoms with van der Waals surface area (Å²) in [6, 6.07) is 13.4. The highest BCUT2D eigenvalue weighted by Gasteiger charge is 2.28. The molecule has 2 aromatic rings. The van der Waals surface area contributed by atoms with Crippen molar-refractivity contribution in [2.45, 2.75) is 31.9 Å². The number of carbonyl (C=O) groups excluding carboxylic acids is 2. The molecule has 0 saturated carbocycles. The summed E-state index contributed by atoms with van der Waals surface area (Å²) in [5.74, 6) is 0.112. The number of halogens is 3. The molecule has 32 heavy (non-hydrogen) atoms. The van der Waals surface area contributed by atoms with Crippen molar-refractivity contribution in [2.24, 2.45) is 0 Å². The van der Waals surface area contributed by atoms with Crippen molar-refractivity contribution in [2.75, 3.05) is 25.0 Å². The highest BCUT2D eigenvalue weighted by Crippen LogP contribution is 2.29. The molecule has 3 rings (SSSR count). The molecule has 0 unspecified atom stereocenters. The van der Waals surface area contributed by atoms with E-state index in [4.69, 9.17) is 5.26 Å². The zero-order chi connectivity index (χ0) is 23.3. The van der Waals surface area contributed by atoms with Crippen LogP contribution in [0.3, 0.4) is 0 Å². The Bertz CT molecular complexity index is 1020. The number of hydrogen-bond acceptors (Lipinski definition) is 3. The van der Waals surface area contributed by atoms with Gasteiger partial charge in [-0.15, -0.1) is 0 Å². The van der Waals surface area contributed by atoms with Gasteiger partial charge in [0.25, 0.3) is 5.91 Å². The van der Waals surface area contributed by atoms with E-state index < -0.39 is 18.8 Å². The van der Waals surface area contributed by atoms with E-state index in [1.54, 1.807) is 41.4 Å². The number of likely N-dealkylation sites (tertiary alicyclic amines) is 1. The van der Waals surface area contributed by atoms with Crippen molar-refractivity contribution in [3.05, 3.63) is 64.7 Å². The van der Waals surface area contributed by atoms with E-state index in [1.807, 2.05) is 12.1 Å². The number of carbonyl (C=O) groups is 2. The lowest BCUT2D eigenvalue weighted by atomic mass is 9.89. The molecule has 1 saturated heterocycles. The number of urea groups is 1. The van der Waals surface area contributed by atoms with E-state index in [9.17, 15) is 22.8 Å². The Morgan fingerprint density at radius 1 is 1.12 bits per heavy atom. The summed E-state index contributed by atoms with van der Waals surface area (Å²) in [7, 11) is 0. The molecule has 0 aromatic heterocycles. The van der Waals surface area contributed by atoms with E-state index >= 15 is 0 Å². The second kappa shape index (κ2) is 9.73. The maximum Gasteiger partial charge on any atom is 0.405 e. The molecule has 0 aliphatic carbocycles. The number of rotatable bonds is 4. The molecular weight excluding hydrogens is 421 g/mol. The molecule has 0 atom stereocenters. The van der Waals surface area contributed by atoms with Crippen LogP contribution in [0.1, 0.15) is 45.8 Å². The van der Waals surface area contributed by atoms with E-state index in [1.165, 1.54) is 6.07 Å². The number of benzene rings is 2. The van der Waals surface area contributed by atoms with Gasteiger partial charge in [-0.1, -0.05) is 18.2 Å². The number of hydrogen-bond donors (Lipinski definition) is 2. The van der Waals surface area contributed by atoms with Gasteiger partial charge in [0.1, 0.15) is 6.54 Å². The number of anilines is 1. The average Bonchev–Trinajstić information content (AvgIpc) is 2.78. The Morgan fingerprint density at radius 2 is 1.78 bits per heavy atom. The molecule has 0 radical (unpaired) electrons. The number of nitrogens with one attached hydrogen (secondary N) is 2. The summed E-state index contributed by atoms with van der Waals surface area (Å²) in [6.45, 7) is 1.37. The summed E-state index contributed by atoms with van der Waals surface area (Å²) in [6.07, 6.45) is -2.93. The van der Waals surface area contributed by atoms with E-state index in [2.05, 4.69) is 11.4 Å². The van der Waals surface area contributed by atoms with Gasteiger partial charge in [-0.25, -0.2) is 4.79 Å². The fourth-order valence-corrected chi connectivity index (χ4v) is 3.67. The Morgan fingerprint density at radius 3 is 2.38 bits per heavy atom. The van der Waals surface area contributed by atoms with Gasteiger partial charge >= 0.3 is 12.2 Å². The van der Waals surface area contributed by atoms with Crippen LogP contribution in [0.15, 0.2) is 42.5 Å². The van der Waals surface area contributed by atoms with Crippen LogP contribution in [0.2, 0.25) is 0 Å². The van der Waals surface area contributed by atoms with Crippen molar-refractivity contribution >= 4 is 17.6 Å². The molecular formula is C23H23F3N4O2. The zero-order valence-electron chi connectivity index (χ0n) is 17.5. The fraction of sp³-hybridized carbons (Fsp3) is 0.348. The molecule has 168 valence electrons. The standard InChI is InChI=1S/C23H23F3N4O2/c1-15-2-5-19(12-20(15)29-22(32)28-14-23(24,25)26)21(31)30-10-8-18(9-11-30)17-6-3-16(13-27)4-7-17/h2-7,12,18H,8-11,14H2,1H3,(H2,28,29,32). The molecule has 1 aliphatic heterocycles. The number of aryl methyl sites for hydroxylation is 1. The minimum Gasteiger partial charge on any atom is -0.339 e. The Labute approximate surface area is 184 Å². The van der Waals surface area contributed by atoms with E-state index in [0.29, 0.717) is 35.7 Å². The summed E-state index contributed by atoms with van der Waals surface area (Å²) in [5, 5.41) is 13.0. The summed E-state index contributed by atoms with van der Waals surface area (Å²) in [4.78, 5) is 26.5. The molecule has 1 heterocycles. The monoisotopic (exact) mass is 444 g/mol. The third kappa shape index (κ3) is 6.00. The third-order valence-corrected chi connectivity index (χ3v) is 5.48. The minimum absolute atomic E-state index is 0.193. The Hall–Kier alpha value is -3.54. The Kier molecular flexibility index (Phi) is 7.03. The van der Waals surface area contributed by atoms with Crippen molar-refractivity contribution in [3.63, 3.8) is 0 Å². The van der Waals surface area contributed by atoms with Crippen LogP contribution in [0, 0.1) is 18.3 Å². The number of nitrogens with zero attached hydrogens (tertiary/aromatic N) is 2. The maximum atomic E-state index is 12.9. The number of alkyl halides is 3. The van der Waals surface area contributed by atoms with Crippen LogP contribution < -0.4 is 10.6 Å². The van der Waals surface area contributed by atoms with Gasteiger partial charge < -0.3 is 15.5 Å². The zero-order valence-corrected chi connectivity index (χ0v) is 17.5. The van der Waals surface area contributed by atoms with Gasteiger partial charge in [0.2, 0.25) is 0 Å². The lowest BCUT2D eigenvalue weighted by molar-refractivity contribution is -0.122. The quantitative estimate of drug-likeness (QED) is 0.725. The molecule has 2 N–H and O–H groups in total. The smallest absolute Gasteiger partial charge is 0.339 e. The first-order valence-electron chi connectivity index (χ1n) is 10.2. The molecule has 1 fully saturated rings. The van der Waals surface area contributed by atoms with Gasteiger partial charge in [0.05, 0.1) is 11.6 Å². The number of amides is 3. The third-order valence-electron chi connectivity index (χ3n) is 5.48. The fourth-order valence-electron chi connectivity index (χ4n) is 3.67. The van der Waals surface area contributed by atoms with Crippen molar-refractivity contribution in [1.82, 2.24) is 10.2 Å². The van der Waals surface area contributed by atoms with Crippen molar-refractivity contribution in [1.29, 1.82) is 5.26 Å². The summed E-state index contributed by atoms with van der Waals surface area (Å²) in [5.41, 5.74) is 3.02. The van der Waals surface area contributed by atoms with Gasteiger partial charge in [-0.3, -0.25) is 4.79 Å². The van der Waals surface area contributed by atoms with Gasteiger partial charge in [0.15, 0.2) is 0 Å². The second-order valence-corrected chi connectivity index (χ2v) is 7.75. The lowest BCUT2D eigenvalue weighted by Gasteiger charge is -2.32. The molecule has 1 aliphatic rings. The Balaban J connectivity index is 1.61. The first kappa shape index (κ1) is 23.1. The molecule has 9 heteroatoms. The van der Waals surface area contributed by atoms with Crippen LogP contribution in [-0.4, -0.2) is 42.6 Å². The van der Waals surface area contributed by atoms with Crippen LogP contribution >= 0.6 is 0 Å². The van der Waals surface area contributed by atoms with E-state index in [0.717, 1.165) is 18.4 Å². The van der Waals surface area contributed by atoms with Crippen LogP contribution in [0.5, 0.6) is 0 Å². The highest BCUT2D eigenvalue weighted by molar-refractivity contribution is 5.97. The average molecular weight is 444 g/mol. The SMILES string of the molecule is Cc1ccc(C(=O)N2CCC(c3ccc(C#N)cc3)CC2)cc1NC(=O)NCC(F)(F)F. The van der Waals surface area contributed by atoms with Gasteiger partial charge in [0, 0.05) is 24.3 Å². The van der Waals surface area contributed by atoms with Crippen molar-refractivity contribution < 1.29 is 22.8 Å². The van der Waals surface area contributed by atoms with E-state index in [-0.39, 0.29) is 11.6 Å². The van der Waals surface area contributed by atoms with Gasteiger partial charge in [-0.05, 0) is 61.1 Å². The topological polar surface area (TPSA) is 85.2 Å². The van der Waals surface area contributed by atoms with Crippen molar-refractivity contribution in [3.8, 4) is 6.07 Å². The van der Waals surface area contributed by atoms with Gasteiger partial charge in [-0.2, -0.15) is 18.4 Å². The maximum absolute atomic E-state index is 12.9. The number of nitriles is 1. The highest BCUT2D eigenvalue weighted by atomic mass is 19.4. The molecule has 0 spiro atoms. The molecule has 0 bridgehead atoms. The second-order valence-electron chi connectivity index (χ2n) is 7.75. The number of piperidine rings is 1.